The van der Waals surface area contributed by atoms with Crippen LogP contribution in [0.1, 0.15) is 51.6 Å². The molecule has 0 radical (unpaired) electrons. The molecule has 1 amide bonds. The number of rotatable bonds is 2. The van der Waals surface area contributed by atoms with Crippen molar-refractivity contribution in [3.63, 3.8) is 0 Å². The molecule has 1 saturated heterocycles. The van der Waals surface area contributed by atoms with Crippen LogP contribution in [0.25, 0.3) is 16.6 Å². The predicted molar refractivity (Wildman–Crippen MR) is 124 cm³/mol. The van der Waals surface area contributed by atoms with Crippen molar-refractivity contribution < 1.29 is 9.53 Å². The van der Waals surface area contributed by atoms with E-state index in [9.17, 15) is 9.59 Å². The molecule has 3 aromatic heterocycles. The lowest BCUT2D eigenvalue weighted by atomic mass is 9.99. The summed E-state index contributed by atoms with van der Waals surface area (Å²) in [6, 6.07) is 5.84. The molecule has 1 aromatic carbocycles. The van der Waals surface area contributed by atoms with Crippen molar-refractivity contribution in [1.29, 1.82) is 0 Å². The van der Waals surface area contributed by atoms with Gasteiger partial charge in [0.1, 0.15) is 11.3 Å². The van der Waals surface area contributed by atoms with Crippen LogP contribution < -0.4 is 5.56 Å². The lowest BCUT2D eigenvalue weighted by Crippen LogP contribution is -2.36. The van der Waals surface area contributed by atoms with Gasteiger partial charge < -0.3 is 14.6 Å². The normalized spacial score (nSPS) is 16.9. The minimum Gasteiger partial charge on any atom is -0.381 e. The number of fused-ring (bicyclic) bond motifs is 4. The fourth-order valence-electron chi connectivity index (χ4n) is 5.14. The fourth-order valence-corrected chi connectivity index (χ4v) is 5.14. The number of H-pyrrole nitrogens is 1. The van der Waals surface area contributed by atoms with Gasteiger partial charge in [-0.1, -0.05) is 0 Å². The smallest absolute Gasteiger partial charge is 0.274 e. The zero-order valence-corrected chi connectivity index (χ0v) is 18.5. The number of carbonyl (C=O) groups is 1. The molecule has 33 heavy (non-hydrogen) atoms. The van der Waals surface area contributed by atoms with Crippen LogP contribution in [0.2, 0.25) is 0 Å². The molecule has 4 aromatic rings. The van der Waals surface area contributed by atoms with E-state index < -0.39 is 0 Å². The van der Waals surface area contributed by atoms with Crippen molar-refractivity contribution in [2.45, 2.75) is 38.6 Å². The van der Waals surface area contributed by atoms with Crippen LogP contribution in [0.15, 0.2) is 41.6 Å². The van der Waals surface area contributed by atoms with Crippen LogP contribution in [0.3, 0.4) is 0 Å². The Kier molecular flexibility index (Phi) is 4.76. The molecule has 0 spiro atoms. The summed E-state index contributed by atoms with van der Waals surface area (Å²) in [6.45, 7) is 4.57. The molecule has 2 aliphatic rings. The average Bonchev–Trinajstić information content (AvgIpc) is 3.30. The van der Waals surface area contributed by atoms with E-state index in [1.807, 2.05) is 40.6 Å². The maximum Gasteiger partial charge on any atom is 0.274 e. The largest absolute Gasteiger partial charge is 0.381 e. The molecule has 0 atom stereocenters. The van der Waals surface area contributed by atoms with E-state index in [-0.39, 0.29) is 17.4 Å². The number of aromatic nitrogens is 4. The van der Waals surface area contributed by atoms with Gasteiger partial charge >= 0.3 is 0 Å². The Bertz CT molecular complexity index is 1450. The number of aryl methyl sites for hydroxylation is 1. The molecule has 0 aliphatic carbocycles. The first-order chi connectivity index (χ1) is 16.1. The summed E-state index contributed by atoms with van der Waals surface area (Å²) in [4.78, 5) is 40.0. The number of benzene rings is 1. The van der Waals surface area contributed by atoms with E-state index in [0.29, 0.717) is 42.9 Å². The van der Waals surface area contributed by atoms with E-state index in [1.165, 1.54) is 5.56 Å². The summed E-state index contributed by atoms with van der Waals surface area (Å²) >= 11 is 0. The Labute approximate surface area is 190 Å². The number of ether oxygens (including phenoxy) is 1. The van der Waals surface area contributed by atoms with E-state index in [0.717, 1.165) is 41.7 Å². The highest BCUT2D eigenvalue weighted by Crippen LogP contribution is 2.29. The number of hydrogen-bond donors (Lipinski definition) is 1. The van der Waals surface area contributed by atoms with Gasteiger partial charge in [0.2, 0.25) is 0 Å². The molecule has 6 rings (SSSR count). The standard InChI is InChI=1S/C25H25N5O3/c1-15-10-21-20(11-19(15)25(32)29-7-3-16-2-6-26-12-18(16)14-29)28-24(31)22-13-27-23(30(21)22)17-4-8-33-9-5-17/h2,6,10-13,17H,3-5,7-9,14H2,1H3,(H,28,31). The molecule has 1 fully saturated rings. The van der Waals surface area contributed by atoms with Gasteiger partial charge in [-0.15, -0.1) is 0 Å². The highest BCUT2D eigenvalue weighted by atomic mass is 16.5. The van der Waals surface area contributed by atoms with Crippen molar-refractivity contribution in [2.24, 2.45) is 0 Å². The molecule has 2 aliphatic heterocycles. The van der Waals surface area contributed by atoms with Gasteiger partial charge in [0.05, 0.1) is 17.2 Å². The number of nitrogens with one attached hydrogen (secondary N) is 1. The highest BCUT2D eigenvalue weighted by molar-refractivity contribution is 5.99. The summed E-state index contributed by atoms with van der Waals surface area (Å²) in [7, 11) is 0. The average molecular weight is 444 g/mol. The van der Waals surface area contributed by atoms with E-state index in [1.54, 1.807) is 12.4 Å². The number of nitrogens with zero attached hydrogens (tertiary/aromatic N) is 4. The number of carbonyl (C=O) groups excluding carboxylic acids is 1. The number of imidazole rings is 1. The van der Waals surface area contributed by atoms with Gasteiger partial charge in [-0.25, -0.2) is 4.98 Å². The topological polar surface area (TPSA) is 92.6 Å². The molecule has 0 unspecified atom stereocenters. The van der Waals surface area contributed by atoms with Crippen LogP contribution in [0, 0.1) is 6.92 Å². The third-order valence-electron chi connectivity index (χ3n) is 6.97. The number of amides is 1. The van der Waals surface area contributed by atoms with E-state index in [2.05, 4.69) is 15.0 Å². The molecular formula is C25H25N5O3. The van der Waals surface area contributed by atoms with Crippen LogP contribution in [-0.2, 0) is 17.7 Å². The Morgan fingerprint density at radius 3 is 2.85 bits per heavy atom. The zero-order chi connectivity index (χ0) is 22.5. The van der Waals surface area contributed by atoms with Crippen molar-refractivity contribution in [3.05, 3.63) is 75.2 Å². The van der Waals surface area contributed by atoms with Crippen LogP contribution in [-0.4, -0.2) is 49.9 Å². The molecule has 168 valence electrons. The number of aromatic amines is 1. The second-order valence-electron chi connectivity index (χ2n) is 8.98. The third-order valence-corrected chi connectivity index (χ3v) is 6.97. The van der Waals surface area contributed by atoms with Crippen molar-refractivity contribution in [3.8, 4) is 0 Å². The van der Waals surface area contributed by atoms with Crippen molar-refractivity contribution >= 4 is 22.5 Å². The van der Waals surface area contributed by atoms with E-state index >= 15 is 0 Å². The Morgan fingerprint density at radius 1 is 1.15 bits per heavy atom. The second-order valence-corrected chi connectivity index (χ2v) is 8.98. The summed E-state index contributed by atoms with van der Waals surface area (Å²) < 4.78 is 7.48. The fraction of sp³-hybridized carbons (Fsp3) is 0.360. The van der Waals surface area contributed by atoms with Crippen molar-refractivity contribution in [2.75, 3.05) is 19.8 Å². The van der Waals surface area contributed by atoms with Gasteiger partial charge in [0.25, 0.3) is 11.5 Å². The SMILES string of the molecule is Cc1cc2c(cc1C(=O)N1CCc3ccncc3C1)[nH]c(=O)c1cnc(C3CCOCC3)n12. The van der Waals surface area contributed by atoms with Gasteiger partial charge in [-0.05, 0) is 61.1 Å². The minimum atomic E-state index is -0.200. The first kappa shape index (κ1) is 20.1. The van der Waals surface area contributed by atoms with Crippen LogP contribution in [0.4, 0.5) is 0 Å². The molecule has 0 bridgehead atoms. The van der Waals surface area contributed by atoms with Gasteiger partial charge in [0.15, 0.2) is 0 Å². The Hall–Kier alpha value is -3.52. The lowest BCUT2D eigenvalue weighted by molar-refractivity contribution is 0.0734. The molecular weight excluding hydrogens is 418 g/mol. The van der Waals surface area contributed by atoms with Crippen LogP contribution >= 0.6 is 0 Å². The van der Waals surface area contributed by atoms with Gasteiger partial charge in [-0.3, -0.25) is 19.0 Å². The first-order valence-electron chi connectivity index (χ1n) is 11.4. The molecule has 8 nitrogen and oxygen atoms in total. The quantitative estimate of drug-likeness (QED) is 0.514. The maximum absolute atomic E-state index is 13.5. The first-order valence-corrected chi connectivity index (χ1v) is 11.4. The molecule has 5 heterocycles. The maximum atomic E-state index is 13.5. The number of hydrogen-bond acceptors (Lipinski definition) is 5. The number of pyridine rings is 1. The highest BCUT2D eigenvalue weighted by Gasteiger charge is 2.25. The van der Waals surface area contributed by atoms with Crippen molar-refractivity contribution in [1.82, 2.24) is 24.3 Å². The predicted octanol–water partition coefficient (Wildman–Crippen LogP) is 2.97. The Morgan fingerprint density at radius 2 is 2.00 bits per heavy atom. The summed E-state index contributed by atoms with van der Waals surface area (Å²) in [5.74, 6) is 1.11. The third kappa shape index (κ3) is 3.33. The van der Waals surface area contributed by atoms with E-state index in [4.69, 9.17) is 4.74 Å². The molecule has 8 heteroatoms. The summed E-state index contributed by atoms with van der Waals surface area (Å²) in [5.41, 5.74) is 5.66. The molecule has 1 N–H and O–H groups in total. The van der Waals surface area contributed by atoms with Gasteiger partial charge in [0, 0.05) is 50.2 Å². The zero-order valence-electron chi connectivity index (χ0n) is 18.5. The van der Waals surface area contributed by atoms with Crippen LogP contribution in [0.5, 0.6) is 0 Å². The van der Waals surface area contributed by atoms with Gasteiger partial charge in [-0.2, -0.15) is 0 Å². The summed E-state index contributed by atoms with van der Waals surface area (Å²) in [5, 5.41) is 0. The monoisotopic (exact) mass is 443 g/mol. The Balaban J connectivity index is 1.43. The molecule has 0 saturated carbocycles. The second kappa shape index (κ2) is 7.81. The minimum absolute atomic E-state index is 0.0277. The summed E-state index contributed by atoms with van der Waals surface area (Å²) in [6.07, 6.45) is 7.87. The lowest BCUT2D eigenvalue weighted by Gasteiger charge is -2.29.